The molecule has 1 aliphatic carbocycles. The number of methoxy groups -OCH3 is 2. The summed E-state index contributed by atoms with van der Waals surface area (Å²) >= 11 is 0. The molecule has 1 unspecified atom stereocenters. The van der Waals surface area contributed by atoms with Gasteiger partial charge >= 0.3 is 0 Å². The fourth-order valence-electron chi connectivity index (χ4n) is 3.37. The summed E-state index contributed by atoms with van der Waals surface area (Å²) in [6.07, 6.45) is 1.92. The molecular formula is C19H20O2. The van der Waals surface area contributed by atoms with Crippen LogP contribution in [0, 0.1) is 0 Å². The van der Waals surface area contributed by atoms with E-state index in [0.29, 0.717) is 0 Å². The van der Waals surface area contributed by atoms with Crippen LogP contribution in [-0.2, 0) is 14.9 Å². The standard InChI is InChI=1S/C19H20O2/c1-19(18(20-2)21-3)16-12-8-7-11-15(16)13-17(19)14-9-5-4-6-10-14/h4-13,18H,1-3H3. The minimum atomic E-state index is -0.326. The summed E-state index contributed by atoms with van der Waals surface area (Å²) in [6, 6.07) is 18.9. The van der Waals surface area contributed by atoms with Crippen LogP contribution in [0.1, 0.15) is 23.6 Å². The van der Waals surface area contributed by atoms with Gasteiger partial charge in [-0.15, -0.1) is 0 Å². The molecule has 0 radical (unpaired) electrons. The topological polar surface area (TPSA) is 18.5 Å². The summed E-state index contributed by atoms with van der Waals surface area (Å²) in [5, 5.41) is 0. The van der Waals surface area contributed by atoms with Crippen LogP contribution in [0.3, 0.4) is 0 Å². The number of hydrogen-bond acceptors (Lipinski definition) is 2. The van der Waals surface area contributed by atoms with Gasteiger partial charge in [-0.05, 0) is 35.3 Å². The largest absolute Gasteiger partial charge is 0.355 e. The van der Waals surface area contributed by atoms with Crippen molar-refractivity contribution in [2.75, 3.05) is 14.2 Å². The molecule has 0 saturated heterocycles. The number of fused-ring (bicyclic) bond motifs is 1. The summed E-state index contributed by atoms with van der Waals surface area (Å²) in [5.74, 6) is 0. The van der Waals surface area contributed by atoms with Crippen LogP contribution in [0.15, 0.2) is 54.6 Å². The maximum absolute atomic E-state index is 5.63. The average Bonchev–Trinajstić information content (AvgIpc) is 2.84. The van der Waals surface area contributed by atoms with Gasteiger partial charge in [-0.2, -0.15) is 0 Å². The van der Waals surface area contributed by atoms with E-state index in [1.807, 2.05) is 6.07 Å². The molecule has 0 heterocycles. The van der Waals surface area contributed by atoms with Gasteiger partial charge in [0.25, 0.3) is 0 Å². The van der Waals surface area contributed by atoms with Gasteiger partial charge in [0.05, 0.1) is 5.41 Å². The molecule has 1 aliphatic rings. The summed E-state index contributed by atoms with van der Waals surface area (Å²) < 4.78 is 11.3. The van der Waals surface area contributed by atoms with Crippen LogP contribution < -0.4 is 0 Å². The van der Waals surface area contributed by atoms with E-state index < -0.39 is 0 Å². The second-order valence-electron chi connectivity index (χ2n) is 5.52. The summed E-state index contributed by atoms with van der Waals surface area (Å²) in [7, 11) is 3.39. The third-order valence-electron chi connectivity index (χ3n) is 4.36. The van der Waals surface area contributed by atoms with E-state index in [-0.39, 0.29) is 11.7 Å². The molecule has 0 amide bonds. The van der Waals surface area contributed by atoms with E-state index in [0.717, 1.165) is 0 Å². The highest BCUT2D eigenvalue weighted by Crippen LogP contribution is 2.49. The lowest BCUT2D eigenvalue weighted by Crippen LogP contribution is -2.39. The smallest absolute Gasteiger partial charge is 0.170 e. The molecule has 2 nitrogen and oxygen atoms in total. The predicted octanol–water partition coefficient (Wildman–Crippen LogP) is 4.12. The Balaban J connectivity index is 2.20. The number of ether oxygens (including phenoxy) is 2. The SMILES string of the molecule is COC(OC)C1(C)C(c2ccccc2)=Cc2ccccc21. The molecule has 0 bridgehead atoms. The Labute approximate surface area is 126 Å². The lowest BCUT2D eigenvalue weighted by molar-refractivity contribution is -0.131. The van der Waals surface area contributed by atoms with Crippen molar-refractivity contribution in [3.63, 3.8) is 0 Å². The third kappa shape index (κ3) is 2.11. The molecule has 0 aliphatic heterocycles. The van der Waals surface area contributed by atoms with Crippen molar-refractivity contribution in [1.29, 1.82) is 0 Å². The lowest BCUT2D eigenvalue weighted by atomic mass is 9.76. The van der Waals surface area contributed by atoms with Crippen LogP contribution in [-0.4, -0.2) is 20.5 Å². The van der Waals surface area contributed by atoms with Crippen molar-refractivity contribution < 1.29 is 9.47 Å². The van der Waals surface area contributed by atoms with Crippen molar-refractivity contribution in [3.05, 3.63) is 71.3 Å². The van der Waals surface area contributed by atoms with Gasteiger partial charge < -0.3 is 9.47 Å². The van der Waals surface area contributed by atoms with Crippen molar-refractivity contribution >= 4 is 11.6 Å². The molecule has 0 fully saturated rings. The molecule has 2 aromatic rings. The van der Waals surface area contributed by atoms with Crippen molar-refractivity contribution in [1.82, 2.24) is 0 Å². The molecule has 0 N–H and O–H groups in total. The Bertz CT molecular complexity index is 656. The zero-order valence-corrected chi connectivity index (χ0v) is 12.7. The number of rotatable bonds is 4. The summed E-state index contributed by atoms with van der Waals surface area (Å²) in [6.45, 7) is 2.19. The summed E-state index contributed by atoms with van der Waals surface area (Å²) in [5.41, 5.74) is 4.60. The van der Waals surface area contributed by atoms with Crippen LogP contribution in [0.5, 0.6) is 0 Å². The third-order valence-corrected chi connectivity index (χ3v) is 4.36. The van der Waals surface area contributed by atoms with Gasteiger partial charge in [0.2, 0.25) is 0 Å². The first kappa shape index (κ1) is 14.1. The number of benzene rings is 2. The highest BCUT2D eigenvalue weighted by molar-refractivity contribution is 5.94. The normalized spacial score (nSPS) is 20.5. The Morgan fingerprint density at radius 1 is 0.857 bits per heavy atom. The van der Waals surface area contributed by atoms with E-state index in [9.17, 15) is 0 Å². The van der Waals surface area contributed by atoms with Crippen LogP contribution in [0.2, 0.25) is 0 Å². The van der Waals surface area contributed by atoms with Crippen molar-refractivity contribution in [3.8, 4) is 0 Å². The first-order chi connectivity index (χ1) is 10.2. The van der Waals surface area contributed by atoms with Crippen LogP contribution in [0.4, 0.5) is 0 Å². The van der Waals surface area contributed by atoms with E-state index in [1.54, 1.807) is 14.2 Å². The Hall–Kier alpha value is -1.90. The molecule has 2 aromatic carbocycles. The molecule has 21 heavy (non-hydrogen) atoms. The van der Waals surface area contributed by atoms with Gasteiger partial charge in [0, 0.05) is 14.2 Å². The van der Waals surface area contributed by atoms with E-state index in [4.69, 9.17) is 9.47 Å². The van der Waals surface area contributed by atoms with E-state index in [1.165, 1.54) is 22.3 Å². The minimum Gasteiger partial charge on any atom is -0.355 e. The quantitative estimate of drug-likeness (QED) is 0.784. The van der Waals surface area contributed by atoms with Gasteiger partial charge in [-0.3, -0.25) is 0 Å². The maximum Gasteiger partial charge on any atom is 0.170 e. The fraction of sp³-hybridized carbons (Fsp3) is 0.263. The Morgan fingerprint density at radius 2 is 1.48 bits per heavy atom. The monoisotopic (exact) mass is 280 g/mol. The van der Waals surface area contributed by atoms with E-state index in [2.05, 4.69) is 61.5 Å². The van der Waals surface area contributed by atoms with Gasteiger partial charge in [0.1, 0.15) is 0 Å². The molecule has 0 spiro atoms. The zero-order valence-electron chi connectivity index (χ0n) is 12.7. The molecular weight excluding hydrogens is 260 g/mol. The first-order valence-corrected chi connectivity index (χ1v) is 7.14. The van der Waals surface area contributed by atoms with E-state index >= 15 is 0 Å². The number of hydrogen-bond donors (Lipinski definition) is 0. The van der Waals surface area contributed by atoms with Crippen molar-refractivity contribution in [2.45, 2.75) is 18.6 Å². The maximum atomic E-state index is 5.63. The first-order valence-electron chi connectivity index (χ1n) is 7.14. The van der Waals surface area contributed by atoms with Crippen LogP contribution >= 0.6 is 0 Å². The second-order valence-corrected chi connectivity index (χ2v) is 5.52. The molecule has 108 valence electrons. The van der Waals surface area contributed by atoms with Crippen LogP contribution in [0.25, 0.3) is 11.6 Å². The Morgan fingerprint density at radius 3 is 2.14 bits per heavy atom. The average molecular weight is 280 g/mol. The van der Waals surface area contributed by atoms with Crippen molar-refractivity contribution in [2.24, 2.45) is 0 Å². The second kappa shape index (κ2) is 5.47. The van der Waals surface area contributed by atoms with Gasteiger partial charge in [0.15, 0.2) is 6.29 Å². The molecule has 0 saturated carbocycles. The highest BCUT2D eigenvalue weighted by Gasteiger charge is 2.45. The predicted molar refractivity (Wildman–Crippen MR) is 85.9 cm³/mol. The molecule has 1 atom stereocenters. The fourth-order valence-corrected chi connectivity index (χ4v) is 3.37. The molecule has 3 rings (SSSR count). The van der Waals surface area contributed by atoms with Gasteiger partial charge in [-0.1, -0.05) is 54.6 Å². The molecule has 2 heteroatoms. The molecule has 0 aromatic heterocycles. The highest BCUT2D eigenvalue weighted by atomic mass is 16.7. The Kier molecular flexibility index (Phi) is 3.66. The zero-order chi connectivity index (χ0) is 14.9. The minimum absolute atomic E-state index is 0.318. The summed E-state index contributed by atoms with van der Waals surface area (Å²) in [4.78, 5) is 0. The lowest BCUT2D eigenvalue weighted by Gasteiger charge is -2.36. The van der Waals surface area contributed by atoms with Gasteiger partial charge in [-0.25, -0.2) is 0 Å².